The largest absolute Gasteiger partial charge is 0.340 e. The Morgan fingerprint density at radius 3 is 2.21 bits per heavy atom. The number of nitrogens with one attached hydrogen (secondary N) is 1. The number of nitrogens with zero attached hydrogens (tertiary/aromatic N) is 2. The van der Waals surface area contributed by atoms with Crippen LogP contribution in [0.1, 0.15) is 12.8 Å². The minimum Gasteiger partial charge on any atom is -0.340 e. The Morgan fingerprint density at radius 1 is 1.04 bits per heavy atom. The van der Waals surface area contributed by atoms with E-state index in [1.165, 1.54) is 4.31 Å². The number of rotatable bonds is 3. The molecule has 1 N–H and O–H groups in total. The lowest BCUT2D eigenvalue weighted by Crippen LogP contribution is -2.50. The number of piperidine rings is 1. The third-order valence-corrected chi connectivity index (χ3v) is 7.12. The highest BCUT2D eigenvalue weighted by Gasteiger charge is 2.33. The van der Waals surface area contributed by atoms with Crippen LogP contribution in [0.5, 0.6) is 0 Å². The predicted octanol–water partition coefficient (Wildman–Crippen LogP) is 1.28. The summed E-state index contributed by atoms with van der Waals surface area (Å²) in [6.07, 6.45) is 1.19. The molecular formula is C16H22BrN3O3S. The molecule has 0 bridgehead atoms. The molecule has 0 aliphatic carbocycles. The molecule has 1 aromatic carbocycles. The summed E-state index contributed by atoms with van der Waals surface area (Å²) < 4.78 is 27.7. The smallest absolute Gasteiger partial charge is 0.243 e. The van der Waals surface area contributed by atoms with Crippen LogP contribution in [0.25, 0.3) is 0 Å². The Labute approximate surface area is 151 Å². The van der Waals surface area contributed by atoms with Gasteiger partial charge in [0.05, 0.1) is 4.90 Å². The maximum atomic E-state index is 12.7. The van der Waals surface area contributed by atoms with Crippen molar-refractivity contribution in [3.63, 3.8) is 0 Å². The van der Waals surface area contributed by atoms with E-state index in [0.717, 1.165) is 30.7 Å². The van der Waals surface area contributed by atoms with Crippen molar-refractivity contribution >= 4 is 31.9 Å². The number of hydrogen-bond donors (Lipinski definition) is 1. The zero-order valence-corrected chi connectivity index (χ0v) is 15.9. The Kier molecular flexibility index (Phi) is 5.59. The summed E-state index contributed by atoms with van der Waals surface area (Å²) in [4.78, 5) is 14.7. The minimum atomic E-state index is -3.48. The van der Waals surface area contributed by atoms with Crippen molar-refractivity contribution in [1.82, 2.24) is 14.5 Å². The Morgan fingerprint density at radius 2 is 1.62 bits per heavy atom. The zero-order chi connectivity index (χ0) is 17.2. The minimum absolute atomic E-state index is 0.0560. The normalized spacial score (nSPS) is 21.0. The van der Waals surface area contributed by atoms with Crippen LogP contribution >= 0.6 is 15.9 Å². The van der Waals surface area contributed by atoms with Crippen LogP contribution in [0.4, 0.5) is 0 Å². The zero-order valence-electron chi connectivity index (χ0n) is 13.4. The molecule has 0 aromatic heterocycles. The van der Waals surface area contributed by atoms with Gasteiger partial charge in [-0.3, -0.25) is 4.79 Å². The van der Waals surface area contributed by atoms with Gasteiger partial charge < -0.3 is 10.2 Å². The Balaban J connectivity index is 1.62. The molecule has 132 valence electrons. The van der Waals surface area contributed by atoms with Gasteiger partial charge in [0.25, 0.3) is 0 Å². The fourth-order valence-electron chi connectivity index (χ4n) is 3.24. The summed E-state index contributed by atoms with van der Waals surface area (Å²) in [6, 6.07) is 6.68. The summed E-state index contributed by atoms with van der Waals surface area (Å²) in [7, 11) is -3.48. The molecule has 6 nitrogen and oxygen atoms in total. The highest BCUT2D eigenvalue weighted by molar-refractivity contribution is 9.10. The van der Waals surface area contributed by atoms with Crippen LogP contribution < -0.4 is 5.32 Å². The van der Waals surface area contributed by atoms with Gasteiger partial charge in [0.1, 0.15) is 0 Å². The maximum absolute atomic E-state index is 12.7. The van der Waals surface area contributed by atoms with E-state index in [4.69, 9.17) is 0 Å². The summed E-state index contributed by atoms with van der Waals surface area (Å²) in [5.74, 6) is 0.122. The molecule has 8 heteroatoms. The molecule has 0 radical (unpaired) electrons. The molecule has 0 atom stereocenters. The number of carbonyl (C=O) groups is 1. The topological polar surface area (TPSA) is 69.7 Å². The van der Waals surface area contributed by atoms with Crippen molar-refractivity contribution in [2.75, 3.05) is 39.3 Å². The van der Waals surface area contributed by atoms with Crippen LogP contribution in [0, 0.1) is 5.92 Å². The summed E-state index contributed by atoms with van der Waals surface area (Å²) >= 11 is 3.31. The monoisotopic (exact) mass is 415 g/mol. The van der Waals surface area contributed by atoms with E-state index in [-0.39, 0.29) is 11.8 Å². The summed E-state index contributed by atoms with van der Waals surface area (Å²) in [6.45, 7) is 3.97. The quantitative estimate of drug-likeness (QED) is 0.806. The van der Waals surface area contributed by atoms with Crippen LogP contribution in [0.15, 0.2) is 33.6 Å². The van der Waals surface area contributed by atoms with Crippen molar-refractivity contribution in [2.24, 2.45) is 5.92 Å². The van der Waals surface area contributed by atoms with E-state index in [2.05, 4.69) is 21.2 Å². The van der Waals surface area contributed by atoms with Gasteiger partial charge in [0.15, 0.2) is 0 Å². The molecule has 0 spiro atoms. The third kappa shape index (κ3) is 3.82. The van der Waals surface area contributed by atoms with Crippen molar-refractivity contribution < 1.29 is 13.2 Å². The van der Waals surface area contributed by atoms with E-state index in [1.807, 2.05) is 4.90 Å². The molecule has 2 aliphatic heterocycles. The SMILES string of the molecule is O=C(C1CCN(S(=O)(=O)c2ccc(Br)cc2)CC1)N1CCNCC1. The van der Waals surface area contributed by atoms with Gasteiger partial charge in [-0.1, -0.05) is 15.9 Å². The van der Waals surface area contributed by atoms with Crippen molar-refractivity contribution in [3.8, 4) is 0 Å². The number of hydrogen-bond acceptors (Lipinski definition) is 4. The van der Waals surface area contributed by atoms with Gasteiger partial charge in [0.2, 0.25) is 15.9 Å². The Bertz CT molecular complexity index is 679. The van der Waals surface area contributed by atoms with E-state index in [1.54, 1.807) is 24.3 Å². The number of halogens is 1. The van der Waals surface area contributed by atoms with Crippen molar-refractivity contribution in [1.29, 1.82) is 0 Å². The number of piperazine rings is 1. The number of amides is 1. The second-order valence-corrected chi connectivity index (χ2v) is 9.06. The van der Waals surface area contributed by atoms with E-state index in [0.29, 0.717) is 30.8 Å². The second kappa shape index (κ2) is 7.51. The van der Waals surface area contributed by atoms with Gasteiger partial charge in [0, 0.05) is 49.7 Å². The van der Waals surface area contributed by atoms with Crippen LogP contribution in [0.3, 0.4) is 0 Å². The molecule has 0 unspecified atom stereocenters. The number of carbonyl (C=O) groups excluding carboxylic acids is 1. The molecule has 2 heterocycles. The lowest BCUT2D eigenvalue weighted by Gasteiger charge is -2.35. The molecule has 1 aromatic rings. The summed E-state index contributed by atoms with van der Waals surface area (Å²) in [5, 5.41) is 3.24. The number of benzene rings is 1. The fraction of sp³-hybridized carbons (Fsp3) is 0.562. The highest BCUT2D eigenvalue weighted by Crippen LogP contribution is 2.26. The predicted molar refractivity (Wildman–Crippen MR) is 95.1 cm³/mol. The number of sulfonamides is 1. The maximum Gasteiger partial charge on any atom is 0.243 e. The molecule has 2 aliphatic rings. The van der Waals surface area contributed by atoms with E-state index in [9.17, 15) is 13.2 Å². The van der Waals surface area contributed by atoms with E-state index < -0.39 is 10.0 Å². The van der Waals surface area contributed by atoms with E-state index >= 15 is 0 Å². The van der Waals surface area contributed by atoms with Crippen molar-refractivity contribution in [3.05, 3.63) is 28.7 Å². The van der Waals surface area contributed by atoms with Gasteiger partial charge in [-0.25, -0.2) is 8.42 Å². The average Bonchev–Trinajstić information content (AvgIpc) is 2.62. The summed E-state index contributed by atoms with van der Waals surface area (Å²) in [5.41, 5.74) is 0. The standard InChI is InChI=1S/C16H22BrN3O3S/c17-14-1-3-15(4-2-14)24(22,23)20-9-5-13(6-10-20)16(21)19-11-7-18-8-12-19/h1-4,13,18H,5-12H2. The molecule has 0 saturated carbocycles. The molecule has 3 rings (SSSR count). The molecule has 2 fully saturated rings. The molecular weight excluding hydrogens is 394 g/mol. The first-order valence-corrected chi connectivity index (χ1v) is 10.5. The fourth-order valence-corrected chi connectivity index (χ4v) is 4.98. The Hall–Kier alpha value is -0.960. The second-order valence-electron chi connectivity index (χ2n) is 6.21. The first kappa shape index (κ1) is 17.8. The van der Waals surface area contributed by atoms with Crippen LogP contribution in [-0.4, -0.2) is 62.8 Å². The van der Waals surface area contributed by atoms with Gasteiger partial charge in [-0.15, -0.1) is 0 Å². The lowest BCUT2D eigenvalue weighted by atomic mass is 9.96. The van der Waals surface area contributed by atoms with Crippen LogP contribution in [-0.2, 0) is 14.8 Å². The first-order chi connectivity index (χ1) is 11.5. The average molecular weight is 416 g/mol. The molecule has 1 amide bonds. The van der Waals surface area contributed by atoms with Gasteiger partial charge in [-0.05, 0) is 37.1 Å². The third-order valence-electron chi connectivity index (χ3n) is 4.68. The van der Waals surface area contributed by atoms with Gasteiger partial charge >= 0.3 is 0 Å². The van der Waals surface area contributed by atoms with Crippen molar-refractivity contribution in [2.45, 2.75) is 17.7 Å². The highest BCUT2D eigenvalue weighted by atomic mass is 79.9. The van der Waals surface area contributed by atoms with Crippen LogP contribution in [0.2, 0.25) is 0 Å². The molecule has 2 saturated heterocycles. The van der Waals surface area contributed by atoms with Gasteiger partial charge in [-0.2, -0.15) is 4.31 Å². The molecule has 24 heavy (non-hydrogen) atoms. The lowest BCUT2D eigenvalue weighted by molar-refractivity contribution is -0.137. The first-order valence-electron chi connectivity index (χ1n) is 8.24.